The number of aromatic nitrogens is 1. The maximum atomic E-state index is 12.4. The minimum absolute atomic E-state index is 0.0318. The Labute approximate surface area is 165 Å². The third-order valence-corrected chi connectivity index (χ3v) is 5.07. The molecule has 0 aliphatic rings. The zero-order valence-electron chi connectivity index (χ0n) is 17.1. The molecule has 2 N–H and O–H groups in total. The molecule has 0 spiro atoms. The summed E-state index contributed by atoms with van der Waals surface area (Å²) in [7, 11) is 1.71. The van der Waals surface area contributed by atoms with Crippen LogP contribution in [0.4, 0.5) is 0 Å². The summed E-state index contributed by atoms with van der Waals surface area (Å²) in [5.74, 6) is 0.257. The molecule has 0 aliphatic heterocycles. The summed E-state index contributed by atoms with van der Waals surface area (Å²) in [5.41, 5.74) is 6.77. The van der Waals surface area contributed by atoms with Crippen LogP contribution in [0.15, 0.2) is 47.5 Å². The second kappa shape index (κ2) is 7.85. The summed E-state index contributed by atoms with van der Waals surface area (Å²) in [5, 5.41) is 11.1. The van der Waals surface area contributed by atoms with Gasteiger partial charge in [0.15, 0.2) is 5.78 Å². The Bertz CT molecular complexity index is 1090. The van der Waals surface area contributed by atoms with E-state index in [1.165, 1.54) is 5.56 Å². The van der Waals surface area contributed by atoms with Gasteiger partial charge in [-0.05, 0) is 74.2 Å². The Morgan fingerprint density at radius 2 is 1.82 bits per heavy atom. The average Bonchev–Trinajstić information content (AvgIpc) is 3.08. The molecule has 28 heavy (non-hydrogen) atoms. The normalized spacial score (nSPS) is 12.6. The molecule has 0 fully saturated rings. The van der Waals surface area contributed by atoms with Crippen molar-refractivity contribution in [2.24, 2.45) is 4.99 Å². The van der Waals surface area contributed by atoms with Crippen molar-refractivity contribution >= 4 is 28.0 Å². The molecule has 2 aromatic carbocycles. The number of phenols is 1. The van der Waals surface area contributed by atoms with Gasteiger partial charge < -0.3 is 10.1 Å². The van der Waals surface area contributed by atoms with Crippen LogP contribution in [0.1, 0.15) is 41.8 Å². The SMILES string of the molecule is CCc1ccc2cc(/C(=C/C(=NC)c3cc(C)c(O)c(C)c3)C(C)=O)[nH]c2c1. The second-order valence-electron chi connectivity index (χ2n) is 7.14. The van der Waals surface area contributed by atoms with Crippen molar-refractivity contribution in [2.75, 3.05) is 7.05 Å². The lowest BCUT2D eigenvalue weighted by molar-refractivity contribution is -0.111. The van der Waals surface area contributed by atoms with Crippen LogP contribution in [0, 0.1) is 13.8 Å². The number of benzene rings is 2. The second-order valence-corrected chi connectivity index (χ2v) is 7.14. The molecule has 4 heteroatoms. The number of aromatic amines is 1. The van der Waals surface area contributed by atoms with Crippen molar-refractivity contribution in [3.05, 3.63) is 70.4 Å². The monoisotopic (exact) mass is 374 g/mol. The number of H-pyrrole nitrogens is 1. The first-order chi connectivity index (χ1) is 13.3. The summed E-state index contributed by atoms with van der Waals surface area (Å²) in [6.07, 6.45) is 2.78. The number of fused-ring (bicyclic) bond motifs is 1. The summed E-state index contributed by atoms with van der Waals surface area (Å²) in [6, 6.07) is 12.1. The minimum Gasteiger partial charge on any atom is -0.507 e. The van der Waals surface area contributed by atoms with Crippen LogP contribution < -0.4 is 0 Å². The van der Waals surface area contributed by atoms with Crippen LogP contribution in [0.3, 0.4) is 0 Å². The molecule has 4 nitrogen and oxygen atoms in total. The summed E-state index contributed by atoms with van der Waals surface area (Å²) >= 11 is 0. The first-order valence-electron chi connectivity index (χ1n) is 9.46. The van der Waals surface area contributed by atoms with Crippen LogP contribution in [0.5, 0.6) is 5.75 Å². The Morgan fingerprint density at radius 1 is 1.14 bits per heavy atom. The van der Waals surface area contributed by atoms with E-state index < -0.39 is 0 Å². The molecule has 1 heterocycles. The molecule has 144 valence electrons. The summed E-state index contributed by atoms with van der Waals surface area (Å²) in [6.45, 7) is 7.41. The van der Waals surface area contributed by atoms with Crippen LogP contribution in [0.25, 0.3) is 16.5 Å². The molecule has 0 radical (unpaired) electrons. The van der Waals surface area contributed by atoms with E-state index in [0.717, 1.165) is 39.7 Å². The number of carbonyl (C=O) groups excluding carboxylic acids is 1. The number of carbonyl (C=O) groups is 1. The van der Waals surface area contributed by atoms with Crippen molar-refractivity contribution in [2.45, 2.75) is 34.1 Å². The highest BCUT2D eigenvalue weighted by Crippen LogP contribution is 2.26. The van der Waals surface area contributed by atoms with Crippen molar-refractivity contribution in [1.29, 1.82) is 0 Å². The fourth-order valence-electron chi connectivity index (χ4n) is 3.43. The number of Topliss-reactive ketones (excluding diaryl/α,β-unsaturated/α-hetero) is 1. The predicted molar refractivity (Wildman–Crippen MR) is 116 cm³/mol. The third kappa shape index (κ3) is 3.77. The number of hydrogen-bond donors (Lipinski definition) is 2. The summed E-state index contributed by atoms with van der Waals surface area (Å²) < 4.78 is 0. The average molecular weight is 374 g/mol. The van der Waals surface area contributed by atoms with Gasteiger partial charge in [0.1, 0.15) is 5.75 Å². The largest absolute Gasteiger partial charge is 0.507 e. The van der Waals surface area contributed by atoms with E-state index in [9.17, 15) is 9.90 Å². The van der Waals surface area contributed by atoms with Crippen molar-refractivity contribution in [1.82, 2.24) is 4.98 Å². The third-order valence-electron chi connectivity index (χ3n) is 5.07. The zero-order valence-corrected chi connectivity index (χ0v) is 17.1. The lowest BCUT2D eigenvalue weighted by Gasteiger charge is -2.09. The molecular weight excluding hydrogens is 348 g/mol. The van der Waals surface area contributed by atoms with Gasteiger partial charge in [0.05, 0.1) is 11.4 Å². The lowest BCUT2D eigenvalue weighted by Crippen LogP contribution is -2.04. The first-order valence-corrected chi connectivity index (χ1v) is 9.46. The number of nitrogens with zero attached hydrogens (tertiary/aromatic N) is 1. The molecule has 1 aromatic heterocycles. The smallest absolute Gasteiger partial charge is 0.161 e. The number of aromatic hydroxyl groups is 1. The topological polar surface area (TPSA) is 65.5 Å². The van der Waals surface area contributed by atoms with E-state index in [2.05, 4.69) is 35.1 Å². The van der Waals surface area contributed by atoms with Gasteiger partial charge in [-0.3, -0.25) is 9.79 Å². The van der Waals surface area contributed by atoms with Gasteiger partial charge >= 0.3 is 0 Å². The number of nitrogens with one attached hydrogen (secondary N) is 1. The quantitative estimate of drug-likeness (QED) is 0.479. The van der Waals surface area contributed by atoms with Gasteiger partial charge in [-0.1, -0.05) is 19.1 Å². The molecule has 0 aliphatic carbocycles. The lowest BCUT2D eigenvalue weighted by atomic mass is 9.99. The van der Waals surface area contributed by atoms with E-state index in [0.29, 0.717) is 11.3 Å². The van der Waals surface area contributed by atoms with Crippen LogP contribution >= 0.6 is 0 Å². The Kier molecular flexibility index (Phi) is 5.50. The number of phenolic OH excluding ortho intramolecular Hbond substituents is 1. The first kappa shape index (κ1) is 19.6. The molecular formula is C24H26N2O2. The molecule has 0 unspecified atom stereocenters. The Hall–Kier alpha value is -3.14. The van der Waals surface area contributed by atoms with Crippen molar-refractivity contribution < 1.29 is 9.90 Å². The number of allylic oxidation sites excluding steroid dienone is 2. The molecule has 3 aromatic rings. The fourth-order valence-corrected chi connectivity index (χ4v) is 3.43. The molecule has 0 saturated carbocycles. The van der Waals surface area contributed by atoms with E-state index >= 15 is 0 Å². The van der Waals surface area contributed by atoms with Crippen LogP contribution in [-0.4, -0.2) is 28.6 Å². The minimum atomic E-state index is -0.0318. The van der Waals surface area contributed by atoms with Crippen LogP contribution in [0.2, 0.25) is 0 Å². The van der Waals surface area contributed by atoms with E-state index in [1.54, 1.807) is 14.0 Å². The molecule has 0 bridgehead atoms. The number of ketones is 1. The molecule has 0 amide bonds. The summed E-state index contributed by atoms with van der Waals surface area (Å²) in [4.78, 5) is 20.2. The van der Waals surface area contributed by atoms with Gasteiger partial charge in [-0.2, -0.15) is 0 Å². The standard InChI is InChI=1S/C24H26N2O2/c1-6-17-7-8-18-12-23(26-22(18)11-17)20(16(4)27)13-21(25-5)19-9-14(2)24(28)15(3)10-19/h7-13,26,28H,6H2,1-5H3/b20-13+,25-21?. The highest BCUT2D eigenvalue weighted by Gasteiger charge is 2.14. The van der Waals surface area contributed by atoms with Gasteiger partial charge in [-0.15, -0.1) is 0 Å². The van der Waals surface area contributed by atoms with Gasteiger partial charge in [0.25, 0.3) is 0 Å². The van der Waals surface area contributed by atoms with Gasteiger partial charge in [0, 0.05) is 29.1 Å². The highest BCUT2D eigenvalue weighted by molar-refractivity contribution is 6.27. The van der Waals surface area contributed by atoms with E-state index in [1.807, 2.05) is 38.1 Å². The van der Waals surface area contributed by atoms with Crippen LogP contribution in [-0.2, 0) is 11.2 Å². The fraction of sp³-hybridized carbons (Fsp3) is 0.250. The van der Waals surface area contributed by atoms with E-state index in [4.69, 9.17) is 0 Å². The van der Waals surface area contributed by atoms with Gasteiger partial charge in [-0.25, -0.2) is 0 Å². The Morgan fingerprint density at radius 3 is 2.39 bits per heavy atom. The number of hydrogen-bond acceptors (Lipinski definition) is 3. The maximum absolute atomic E-state index is 12.4. The molecule has 0 saturated heterocycles. The molecule has 0 atom stereocenters. The van der Waals surface area contributed by atoms with E-state index in [-0.39, 0.29) is 11.5 Å². The Balaban J connectivity index is 2.10. The van der Waals surface area contributed by atoms with Crippen molar-refractivity contribution in [3.63, 3.8) is 0 Å². The predicted octanol–water partition coefficient (Wildman–Crippen LogP) is 5.14. The van der Waals surface area contributed by atoms with Gasteiger partial charge in [0.2, 0.25) is 0 Å². The number of aliphatic imine (C=N–C) groups is 1. The zero-order chi connectivity index (χ0) is 20.4. The number of rotatable bonds is 5. The maximum Gasteiger partial charge on any atom is 0.161 e. The number of aryl methyl sites for hydroxylation is 3. The highest BCUT2D eigenvalue weighted by atomic mass is 16.3. The molecule has 3 rings (SSSR count). The van der Waals surface area contributed by atoms with Crippen molar-refractivity contribution in [3.8, 4) is 5.75 Å².